The Morgan fingerprint density at radius 3 is 2.21 bits per heavy atom. The average molecular weight is 377 g/mol. The fourth-order valence-corrected chi connectivity index (χ4v) is 5.39. The van der Waals surface area contributed by atoms with Crippen LogP contribution in [-0.2, 0) is 0 Å². The molecule has 1 saturated carbocycles. The Bertz CT molecular complexity index is 733. The van der Waals surface area contributed by atoms with Gasteiger partial charge in [0.05, 0.1) is 0 Å². The third kappa shape index (κ3) is 4.43. The number of benzene rings is 2. The summed E-state index contributed by atoms with van der Waals surface area (Å²) < 4.78 is 0. The predicted molar refractivity (Wildman–Crippen MR) is 120 cm³/mol. The maximum absolute atomic E-state index is 5.89. The zero-order chi connectivity index (χ0) is 19.3. The van der Waals surface area contributed by atoms with Crippen LogP contribution in [0.3, 0.4) is 0 Å². The molecule has 2 N–H and O–H groups in total. The predicted octanol–water partition coefficient (Wildman–Crippen LogP) is 5.94. The molecule has 1 aliphatic carbocycles. The van der Waals surface area contributed by atoms with Gasteiger partial charge in [0, 0.05) is 24.7 Å². The molecule has 0 amide bonds. The Morgan fingerprint density at radius 1 is 0.821 bits per heavy atom. The van der Waals surface area contributed by atoms with E-state index in [1.165, 1.54) is 50.8 Å². The molecule has 1 aliphatic heterocycles. The zero-order valence-corrected chi connectivity index (χ0v) is 17.4. The van der Waals surface area contributed by atoms with Crippen LogP contribution in [0, 0.1) is 11.8 Å². The number of piperidine rings is 1. The summed E-state index contributed by atoms with van der Waals surface area (Å²) in [5.41, 5.74) is 10.4. The summed E-state index contributed by atoms with van der Waals surface area (Å²) in [4.78, 5) is 2.61. The summed E-state index contributed by atoms with van der Waals surface area (Å²) in [6.45, 7) is 5.55. The topological polar surface area (TPSA) is 29.3 Å². The number of nitrogens with two attached hydrogens (primary N) is 1. The second-order valence-electron chi connectivity index (χ2n) is 9.07. The van der Waals surface area contributed by atoms with E-state index in [-0.39, 0.29) is 0 Å². The summed E-state index contributed by atoms with van der Waals surface area (Å²) >= 11 is 0. The van der Waals surface area contributed by atoms with E-state index in [1.807, 2.05) is 0 Å². The molecular formula is C26H36N2. The van der Waals surface area contributed by atoms with Crippen molar-refractivity contribution in [2.24, 2.45) is 17.6 Å². The minimum atomic E-state index is 0.638. The van der Waals surface area contributed by atoms with Crippen molar-refractivity contribution in [3.63, 3.8) is 0 Å². The Morgan fingerprint density at radius 2 is 1.54 bits per heavy atom. The molecule has 150 valence electrons. The second kappa shape index (κ2) is 9.13. The first-order chi connectivity index (χ1) is 13.8. The number of rotatable bonds is 5. The lowest BCUT2D eigenvalue weighted by molar-refractivity contribution is 0.332. The van der Waals surface area contributed by atoms with Crippen LogP contribution in [0.5, 0.6) is 0 Å². The fraction of sp³-hybridized carbons (Fsp3) is 0.538. The van der Waals surface area contributed by atoms with E-state index in [0.717, 1.165) is 30.8 Å². The van der Waals surface area contributed by atoms with Crippen molar-refractivity contribution < 1.29 is 0 Å². The Hall–Kier alpha value is -1.80. The first-order valence-corrected chi connectivity index (χ1v) is 11.4. The third-order valence-electron chi connectivity index (χ3n) is 7.27. The van der Waals surface area contributed by atoms with Crippen LogP contribution in [0.25, 0.3) is 0 Å². The smallest absolute Gasteiger partial charge is 0.0366 e. The Kier molecular flexibility index (Phi) is 6.36. The van der Waals surface area contributed by atoms with Crippen molar-refractivity contribution in [2.45, 2.75) is 57.3 Å². The summed E-state index contributed by atoms with van der Waals surface area (Å²) in [7, 11) is 0. The lowest BCUT2D eigenvalue weighted by Gasteiger charge is -2.39. The summed E-state index contributed by atoms with van der Waals surface area (Å²) in [5.74, 6) is 2.91. The quantitative estimate of drug-likeness (QED) is 0.700. The molecule has 2 heteroatoms. The molecule has 2 aromatic carbocycles. The van der Waals surface area contributed by atoms with Crippen LogP contribution in [0.2, 0.25) is 0 Å². The maximum atomic E-state index is 5.89. The molecule has 2 unspecified atom stereocenters. The molecule has 2 aromatic rings. The third-order valence-corrected chi connectivity index (χ3v) is 7.27. The SMILES string of the molecule is CCC1CC(c2cccc(C3CCC(CN)CC3)c2)CN(c2ccccc2)C1. The number of anilines is 1. The molecule has 2 atom stereocenters. The fourth-order valence-electron chi connectivity index (χ4n) is 5.39. The van der Waals surface area contributed by atoms with Crippen molar-refractivity contribution in [1.82, 2.24) is 0 Å². The van der Waals surface area contributed by atoms with Crippen molar-refractivity contribution in [2.75, 3.05) is 24.5 Å². The molecule has 2 aliphatic rings. The van der Waals surface area contributed by atoms with Gasteiger partial charge < -0.3 is 10.6 Å². The zero-order valence-electron chi connectivity index (χ0n) is 17.4. The van der Waals surface area contributed by atoms with Crippen LogP contribution in [0.15, 0.2) is 54.6 Å². The average Bonchev–Trinajstić information content (AvgIpc) is 2.79. The highest BCUT2D eigenvalue weighted by atomic mass is 15.1. The van der Waals surface area contributed by atoms with Crippen LogP contribution < -0.4 is 10.6 Å². The summed E-state index contributed by atoms with van der Waals surface area (Å²) in [6, 6.07) is 20.6. The molecule has 4 rings (SSSR count). The van der Waals surface area contributed by atoms with Gasteiger partial charge in [-0.1, -0.05) is 55.8 Å². The van der Waals surface area contributed by atoms with Crippen LogP contribution in [-0.4, -0.2) is 19.6 Å². The largest absolute Gasteiger partial charge is 0.371 e. The first-order valence-electron chi connectivity index (χ1n) is 11.4. The van der Waals surface area contributed by atoms with Gasteiger partial charge >= 0.3 is 0 Å². The van der Waals surface area contributed by atoms with Gasteiger partial charge in [-0.2, -0.15) is 0 Å². The van der Waals surface area contributed by atoms with Crippen molar-refractivity contribution in [1.29, 1.82) is 0 Å². The standard InChI is InChI=1S/C26H36N2/c1-2-20-15-25(19-28(18-20)26-9-4-3-5-10-26)24-8-6-7-23(16-24)22-13-11-21(17-27)12-14-22/h3-10,16,20-22,25H,2,11-15,17-19,27H2,1H3. The van der Waals surface area contributed by atoms with Crippen LogP contribution >= 0.6 is 0 Å². The Balaban J connectivity index is 1.51. The monoisotopic (exact) mass is 376 g/mol. The van der Waals surface area contributed by atoms with Gasteiger partial charge in [-0.05, 0) is 79.7 Å². The summed E-state index contributed by atoms with van der Waals surface area (Å²) in [5, 5.41) is 0. The lowest BCUT2D eigenvalue weighted by Crippen LogP contribution is -2.39. The van der Waals surface area contributed by atoms with Gasteiger partial charge in [0.15, 0.2) is 0 Å². The number of nitrogens with zero attached hydrogens (tertiary/aromatic N) is 1. The normalized spacial score (nSPS) is 28.3. The molecule has 28 heavy (non-hydrogen) atoms. The molecule has 0 radical (unpaired) electrons. The van der Waals surface area contributed by atoms with Gasteiger partial charge in [0.25, 0.3) is 0 Å². The van der Waals surface area contributed by atoms with Crippen LogP contribution in [0.4, 0.5) is 5.69 Å². The number of para-hydroxylation sites is 1. The van der Waals surface area contributed by atoms with Crippen LogP contribution in [0.1, 0.15) is 68.4 Å². The van der Waals surface area contributed by atoms with Gasteiger partial charge in [-0.15, -0.1) is 0 Å². The highest BCUT2D eigenvalue weighted by Crippen LogP contribution is 2.38. The molecule has 1 saturated heterocycles. The van der Waals surface area contributed by atoms with Gasteiger partial charge in [0.1, 0.15) is 0 Å². The van der Waals surface area contributed by atoms with E-state index in [1.54, 1.807) is 11.1 Å². The number of hydrogen-bond donors (Lipinski definition) is 1. The van der Waals surface area contributed by atoms with Crippen molar-refractivity contribution in [3.05, 3.63) is 65.7 Å². The van der Waals surface area contributed by atoms with E-state index < -0.39 is 0 Å². The van der Waals surface area contributed by atoms with Crippen molar-refractivity contribution >= 4 is 5.69 Å². The molecule has 0 aromatic heterocycles. The molecule has 2 fully saturated rings. The van der Waals surface area contributed by atoms with Gasteiger partial charge in [-0.25, -0.2) is 0 Å². The van der Waals surface area contributed by atoms with E-state index in [2.05, 4.69) is 66.4 Å². The number of hydrogen-bond acceptors (Lipinski definition) is 2. The van der Waals surface area contributed by atoms with E-state index in [0.29, 0.717) is 5.92 Å². The van der Waals surface area contributed by atoms with E-state index >= 15 is 0 Å². The lowest BCUT2D eigenvalue weighted by atomic mass is 9.77. The molecule has 0 bridgehead atoms. The Labute approximate surface area is 171 Å². The highest BCUT2D eigenvalue weighted by Gasteiger charge is 2.28. The molecular weight excluding hydrogens is 340 g/mol. The van der Waals surface area contributed by atoms with E-state index in [4.69, 9.17) is 5.73 Å². The minimum Gasteiger partial charge on any atom is -0.371 e. The first kappa shape index (κ1) is 19.5. The minimum absolute atomic E-state index is 0.638. The highest BCUT2D eigenvalue weighted by molar-refractivity contribution is 5.47. The molecule has 2 nitrogen and oxygen atoms in total. The van der Waals surface area contributed by atoms with Gasteiger partial charge in [0.2, 0.25) is 0 Å². The van der Waals surface area contributed by atoms with Gasteiger partial charge in [-0.3, -0.25) is 0 Å². The molecule has 0 spiro atoms. The second-order valence-corrected chi connectivity index (χ2v) is 9.07. The van der Waals surface area contributed by atoms with Crippen molar-refractivity contribution in [3.8, 4) is 0 Å². The summed E-state index contributed by atoms with van der Waals surface area (Å²) in [6.07, 6.45) is 7.81. The molecule has 1 heterocycles. The maximum Gasteiger partial charge on any atom is 0.0366 e. The van der Waals surface area contributed by atoms with E-state index in [9.17, 15) is 0 Å².